The molecule has 0 atom stereocenters. The van der Waals surface area contributed by atoms with Crippen molar-refractivity contribution in [1.29, 1.82) is 0 Å². The van der Waals surface area contributed by atoms with Crippen molar-refractivity contribution in [3.8, 4) is 5.75 Å². The summed E-state index contributed by atoms with van der Waals surface area (Å²) in [6, 6.07) is 15.8. The second-order valence-corrected chi connectivity index (χ2v) is 11.6. The molecular formula is C32H35ClFN5O3. The van der Waals surface area contributed by atoms with E-state index in [9.17, 15) is 9.18 Å². The van der Waals surface area contributed by atoms with Crippen LogP contribution in [-0.2, 0) is 17.8 Å². The largest absolute Gasteiger partial charge is 0.489 e. The topological polar surface area (TPSA) is 82.7 Å². The lowest BCUT2D eigenvalue weighted by Gasteiger charge is -2.34. The van der Waals surface area contributed by atoms with Gasteiger partial charge in [-0.25, -0.2) is 4.39 Å². The highest BCUT2D eigenvalue weighted by Gasteiger charge is 2.22. The Kier molecular flexibility index (Phi) is 8.60. The highest BCUT2D eigenvalue weighted by Crippen LogP contribution is 2.30. The molecule has 2 N–H and O–H groups in total. The number of benzene rings is 3. The van der Waals surface area contributed by atoms with Gasteiger partial charge in [0.15, 0.2) is 5.82 Å². The van der Waals surface area contributed by atoms with E-state index < -0.39 is 0 Å². The Morgan fingerprint density at radius 1 is 1.07 bits per heavy atom. The molecule has 2 saturated heterocycles. The van der Waals surface area contributed by atoms with Crippen molar-refractivity contribution in [1.82, 2.24) is 15.1 Å². The lowest BCUT2D eigenvalue weighted by Crippen LogP contribution is -2.44. The zero-order valence-corrected chi connectivity index (χ0v) is 24.4. The molecule has 42 heavy (non-hydrogen) atoms. The predicted molar refractivity (Wildman–Crippen MR) is 163 cm³/mol. The second kappa shape index (κ2) is 12.7. The second-order valence-electron chi connectivity index (χ2n) is 11.1. The number of aromatic nitrogens is 2. The van der Waals surface area contributed by atoms with Gasteiger partial charge >= 0.3 is 0 Å². The van der Waals surface area contributed by atoms with Gasteiger partial charge in [0.05, 0.1) is 5.52 Å². The summed E-state index contributed by atoms with van der Waals surface area (Å²) in [6.45, 7) is 5.60. The first-order chi connectivity index (χ1) is 20.4. The summed E-state index contributed by atoms with van der Waals surface area (Å²) in [4.78, 5) is 18.5. The van der Waals surface area contributed by atoms with Crippen molar-refractivity contribution < 1.29 is 18.7 Å². The number of piperazine rings is 1. The van der Waals surface area contributed by atoms with Gasteiger partial charge in [0.2, 0.25) is 0 Å². The Labute approximate surface area is 249 Å². The number of anilines is 2. The van der Waals surface area contributed by atoms with E-state index in [0.717, 1.165) is 75.4 Å². The van der Waals surface area contributed by atoms with Gasteiger partial charge in [-0.05, 0) is 92.4 Å². The summed E-state index contributed by atoms with van der Waals surface area (Å²) in [5.41, 5.74) is 4.17. The molecule has 10 heteroatoms. The maximum atomic E-state index is 13.7. The number of nitrogens with one attached hydrogen (secondary N) is 2. The predicted octanol–water partition coefficient (Wildman–Crippen LogP) is 5.91. The van der Waals surface area contributed by atoms with Crippen LogP contribution in [-0.4, -0.2) is 67.4 Å². The molecule has 2 aliphatic heterocycles. The average Bonchev–Trinajstić information content (AvgIpc) is 3.40. The van der Waals surface area contributed by atoms with Crippen molar-refractivity contribution in [2.24, 2.45) is 5.92 Å². The van der Waals surface area contributed by atoms with Crippen LogP contribution in [0.5, 0.6) is 5.75 Å². The Balaban J connectivity index is 1.22. The number of fused-ring (bicyclic) bond motifs is 1. The molecule has 0 aliphatic carbocycles. The molecule has 3 aromatic carbocycles. The van der Waals surface area contributed by atoms with Crippen LogP contribution < -0.4 is 15.0 Å². The summed E-state index contributed by atoms with van der Waals surface area (Å²) in [6.07, 6.45) is 2.82. The standard InChI is InChI=1S/C32H35ClFN5O3/c1-38-10-12-39(13-11-38)25-3-5-27(22(18-25)16-21-8-14-41-15-9-21)32(40)35-31-28-19-26(4-7-30(28)36-37-31)42-20-23-17-24(34)2-6-29(23)33/h2-7,17-19,21H,8-16,20H2,1H3,(H2,35,36,37,40). The van der Waals surface area contributed by atoms with Gasteiger partial charge in [-0.2, -0.15) is 5.10 Å². The van der Waals surface area contributed by atoms with Crippen LogP contribution in [0.4, 0.5) is 15.9 Å². The Morgan fingerprint density at radius 3 is 2.69 bits per heavy atom. The van der Waals surface area contributed by atoms with Crippen LogP contribution in [0.1, 0.15) is 34.3 Å². The molecule has 1 aromatic heterocycles. The van der Waals surface area contributed by atoms with Crippen LogP contribution in [0.25, 0.3) is 10.9 Å². The minimum atomic E-state index is -0.374. The molecule has 0 unspecified atom stereocenters. The Morgan fingerprint density at radius 2 is 1.88 bits per heavy atom. The van der Waals surface area contributed by atoms with Gasteiger partial charge in [0.1, 0.15) is 18.2 Å². The van der Waals surface area contributed by atoms with E-state index in [4.69, 9.17) is 21.1 Å². The molecule has 0 radical (unpaired) electrons. The summed E-state index contributed by atoms with van der Waals surface area (Å²) in [7, 11) is 2.15. The number of carbonyl (C=O) groups is 1. The van der Waals surface area contributed by atoms with Gasteiger partial charge in [-0.1, -0.05) is 11.6 Å². The molecule has 3 heterocycles. The minimum absolute atomic E-state index is 0.108. The van der Waals surface area contributed by atoms with Gasteiger partial charge in [-0.15, -0.1) is 0 Å². The van der Waals surface area contributed by atoms with Crippen LogP contribution in [0.2, 0.25) is 5.02 Å². The molecule has 1 amide bonds. The zero-order valence-electron chi connectivity index (χ0n) is 23.7. The summed E-state index contributed by atoms with van der Waals surface area (Å²) < 4.78 is 25.2. The molecular weight excluding hydrogens is 557 g/mol. The first-order valence-corrected chi connectivity index (χ1v) is 14.8. The van der Waals surface area contributed by atoms with Crippen molar-refractivity contribution in [3.05, 3.63) is 82.1 Å². The summed E-state index contributed by atoms with van der Waals surface area (Å²) in [5.74, 6) is 0.876. The van der Waals surface area contributed by atoms with E-state index in [-0.39, 0.29) is 18.3 Å². The van der Waals surface area contributed by atoms with E-state index in [1.54, 1.807) is 12.1 Å². The van der Waals surface area contributed by atoms with E-state index in [1.807, 2.05) is 12.1 Å². The quantitative estimate of drug-likeness (QED) is 0.265. The number of likely N-dealkylation sites (N-methyl/N-ethyl adjacent to an activating group) is 1. The van der Waals surface area contributed by atoms with Crippen LogP contribution >= 0.6 is 11.6 Å². The number of hydrogen-bond donors (Lipinski definition) is 2. The first-order valence-electron chi connectivity index (χ1n) is 14.4. The molecule has 4 aromatic rings. The van der Waals surface area contributed by atoms with Crippen molar-refractivity contribution in [3.63, 3.8) is 0 Å². The normalized spacial score (nSPS) is 16.6. The van der Waals surface area contributed by atoms with E-state index in [0.29, 0.717) is 39.0 Å². The van der Waals surface area contributed by atoms with Crippen molar-refractivity contribution >= 4 is 39.9 Å². The zero-order chi connectivity index (χ0) is 29.1. The maximum absolute atomic E-state index is 13.7. The van der Waals surface area contributed by atoms with Gasteiger partial charge in [-0.3, -0.25) is 9.89 Å². The van der Waals surface area contributed by atoms with E-state index >= 15 is 0 Å². The number of rotatable bonds is 8. The average molecular weight is 592 g/mol. The van der Waals surface area contributed by atoms with Gasteiger partial charge in [0, 0.05) is 66.6 Å². The molecule has 2 aliphatic rings. The van der Waals surface area contributed by atoms with Crippen molar-refractivity contribution in [2.75, 3.05) is 56.7 Å². The third-order valence-corrected chi connectivity index (χ3v) is 8.59. The van der Waals surface area contributed by atoms with Gasteiger partial charge < -0.3 is 24.6 Å². The lowest BCUT2D eigenvalue weighted by molar-refractivity contribution is 0.0664. The first kappa shape index (κ1) is 28.5. The number of halogens is 2. The van der Waals surface area contributed by atoms with E-state index in [1.165, 1.54) is 18.2 Å². The number of carbonyl (C=O) groups excluding carboxylic acids is 1. The molecule has 6 rings (SSSR count). The number of nitrogens with zero attached hydrogens (tertiary/aromatic N) is 3. The number of H-pyrrole nitrogens is 1. The smallest absolute Gasteiger partial charge is 0.257 e. The van der Waals surface area contributed by atoms with Gasteiger partial charge in [0.25, 0.3) is 5.91 Å². The molecule has 2 fully saturated rings. The van der Waals surface area contributed by atoms with Crippen LogP contribution in [0, 0.1) is 11.7 Å². The minimum Gasteiger partial charge on any atom is -0.489 e. The number of aromatic amines is 1. The fraction of sp³-hybridized carbons (Fsp3) is 0.375. The van der Waals surface area contributed by atoms with Crippen LogP contribution in [0.3, 0.4) is 0 Å². The molecule has 0 spiro atoms. The third-order valence-electron chi connectivity index (χ3n) is 8.22. The highest BCUT2D eigenvalue weighted by atomic mass is 35.5. The fourth-order valence-corrected chi connectivity index (χ4v) is 5.83. The lowest BCUT2D eigenvalue weighted by atomic mass is 9.89. The molecule has 0 saturated carbocycles. The fourth-order valence-electron chi connectivity index (χ4n) is 5.66. The van der Waals surface area contributed by atoms with E-state index in [2.05, 4.69) is 44.5 Å². The molecule has 220 valence electrons. The molecule has 0 bridgehead atoms. The monoisotopic (exact) mass is 591 g/mol. The third kappa shape index (κ3) is 6.53. The summed E-state index contributed by atoms with van der Waals surface area (Å²) in [5, 5.41) is 11.5. The number of ether oxygens (including phenoxy) is 2. The SMILES string of the molecule is CN1CCN(c2ccc(C(=O)Nc3n[nH]c4ccc(OCc5cc(F)ccc5Cl)cc34)c(CC3CCOCC3)c2)CC1. The molecule has 8 nitrogen and oxygen atoms in total. The summed E-state index contributed by atoms with van der Waals surface area (Å²) >= 11 is 6.19. The van der Waals surface area contributed by atoms with Crippen molar-refractivity contribution in [2.45, 2.75) is 25.9 Å². The Hall–Kier alpha value is -3.66. The highest BCUT2D eigenvalue weighted by molar-refractivity contribution is 6.31. The number of amides is 1. The maximum Gasteiger partial charge on any atom is 0.257 e. The van der Waals surface area contributed by atoms with Crippen LogP contribution in [0.15, 0.2) is 54.6 Å². The number of hydrogen-bond acceptors (Lipinski definition) is 6. The Bertz CT molecular complexity index is 1560.